The monoisotopic (exact) mass is 286 g/mol. The van der Waals surface area contributed by atoms with Gasteiger partial charge in [-0.1, -0.05) is 37.3 Å². The number of hydrogen-bond donors (Lipinski definition) is 0. The van der Waals surface area contributed by atoms with Crippen molar-refractivity contribution in [1.82, 2.24) is 0 Å². The van der Waals surface area contributed by atoms with E-state index in [0.29, 0.717) is 6.42 Å². The van der Waals surface area contributed by atoms with Gasteiger partial charge < -0.3 is 9.15 Å². The minimum absolute atomic E-state index is 0.0584. The number of esters is 1. The third-order valence-electron chi connectivity index (χ3n) is 3.25. The fraction of sp³-hybridized carbons (Fsp3) is 0.294. The van der Waals surface area contributed by atoms with E-state index in [9.17, 15) is 9.59 Å². The highest BCUT2D eigenvalue weighted by Gasteiger charge is 2.24. The third-order valence-corrected chi connectivity index (χ3v) is 3.25. The number of carbonyl (C=O) groups excluding carboxylic acids is 2. The molecule has 1 heterocycles. The predicted molar refractivity (Wildman–Crippen MR) is 78.5 cm³/mol. The average Bonchev–Trinajstić information content (AvgIpc) is 2.99. The minimum atomic E-state index is -0.552. The van der Waals surface area contributed by atoms with E-state index in [2.05, 4.69) is 0 Å². The van der Waals surface area contributed by atoms with Gasteiger partial charge in [-0.05, 0) is 31.0 Å². The minimum Gasteiger partial charge on any atom is -0.460 e. The Kier molecular flexibility index (Phi) is 4.93. The van der Waals surface area contributed by atoms with Crippen LogP contribution in [0.2, 0.25) is 0 Å². The van der Waals surface area contributed by atoms with Crippen molar-refractivity contribution in [3.63, 3.8) is 0 Å². The summed E-state index contributed by atoms with van der Waals surface area (Å²) in [6, 6.07) is 12.5. The number of hydrogen-bond acceptors (Lipinski definition) is 4. The number of furan rings is 1. The SMILES string of the molecule is CCOC(=O)c1ccc(C(=O)C(CC)c2ccccc2)o1. The lowest BCUT2D eigenvalue weighted by molar-refractivity contribution is 0.0488. The standard InChI is InChI=1S/C17H18O4/c1-3-13(12-8-6-5-7-9-12)16(18)14-10-11-15(21-14)17(19)20-4-2/h5-11,13H,3-4H2,1-2H3. The zero-order chi connectivity index (χ0) is 15.2. The van der Waals surface area contributed by atoms with Gasteiger partial charge >= 0.3 is 5.97 Å². The van der Waals surface area contributed by atoms with Gasteiger partial charge in [-0.15, -0.1) is 0 Å². The molecule has 1 aromatic carbocycles. The summed E-state index contributed by atoms with van der Waals surface area (Å²) in [5.74, 6) is -0.701. The summed E-state index contributed by atoms with van der Waals surface area (Å²) in [7, 11) is 0. The number of rotatable bonds is 6. The zero-order valence-electron chi connectivity index (χ0n) is 12.2. The number of benzene rings is 1. The Morgan fingerprint density at radius 1 is 1.05 bits per heavy atom. The van der Waals surface area contributed by atoms with Gasteiger partial charge in [0.25, 0.3) is 0 Å². The van der Waals surface area contributed by atoms with E-state index in [-0.39, 0.29) is 29.8 Å². The molecule has 0 aliphatic heterocycles. The molecule has 1 aromatic heterocycles. The first-order valence-electron chi connectivity index (χ1n) is 7.03. The van der Waals surface area contributed by atoms with Crippen LogP contribution in [0.4, 0.5) is 0 Å². The molecule has 4 heteroatoms. The van der Waals surface area contributed by atoms with Gasteiger partial charge in [-0.3, -0.25) is 4.79 Å². The molecule has 2 aromatic rings. The van der Waals surface area contributed by atoms with Gasteiger partial charge in [0.05, 0.1) is 12.5 Å². The van der Waals surface area contributed by atoms with Crippen molar-refractivity contribution in [2.45, 2.75) is 26.2 Å². The Bertz CT molecular complexity index is 613. The van der Waals surface area contributed by atoms with Crippen LogP contribution in [0.1, 0.15) is 52.9 Å². The molecule has 2 rings (SSSR count). The van der Waals surface area contributed by atoms with Crippen LogP contribution in [0.3, 0.4) is 0 Å². The lowest BCUT2D eigenvalue weighted by Crippen LogP contribution is -2.11. The van der Waals surface area contributed by atoms with Crippen molar-refractivity contribution in [1.29, 1.82) is 0 Å². The van der Waals surface area contributed by atoms with Gasteiger partial charge in [-0.25, -0.2) is 4.79 Å². The van der Waals surface area contributed by atoms with E-state index >= 15 is 0 Å². The fourth-order valence-electron chi connectivity index (χ4n) is 2.21. The van der Waals surface area contributed by atoms with Crippen molar-refractivity contribution in [2.75, 3.05) is 6.61 Å². The second-order valence-corrected chi connectivity index (χ2v) is 4.62. The van der Waals surface area contributed by atoms with Crippen molar-refractivity contribution in [2.24, 2.45) is 0 Å². The molecular formula is C17H18O4. The molecule has 0 saturated heterocycles. The topological polar surface area (TPSA) is 56.5 Å². The normalized spacial score (nSPS) is 11.9. The summed E-state index contributed by atoms with van der Waals surface area (Å²) < 4.78 is 10.2. The Morgan fingerprint density at radius 3 is 2.33 bits per heavy atom. The second-order valence-electron chi connectivity index (χ2n) is 4.62. The smallest absolute Gasteiger partial charge is 0.374 e. The average molecular weight is 286 g/mol. The van der Waals surface area contributed by atoms with Gasteiger partial charge in [0.1, 0.15) is 0 Å². The molecule has 0 fully saturated rings. The maximum absolute atomic E-state index is 12.5. The van der Waals surface area contributed by atoms with Crippen molar-refractivity contribution >= 4 is 11.8 Å². The van der Waals surface area contributed by atoms with E-state index in [1.54, 1.807) is 6.92 Å². The molecule has 0 amide bonds. The Morgan fingerprint density at radius 2 is 1.71 bits per heavy atom. The van der Waals surface area contributed by atoms with Gasteiger partial charge in [0, 0.05) is 0 Å². The van der Waals surface area contributed by atoms with Crippen LogP contribution >= 0.6 is 0 Å². The number of Topliss-reactive ketones (excluding diaryl/α,β-unsaturated/α-hetero) is 1. The maximum Gasteiger partial charge on any atom is 0.374 e. The molecule has 4 nitrogen and oxygen atoms in total. The molecule has 0 bridgehead atoms. The molecule has 0 N–H and O–H groups in total. The highest BCUT2D eigenvalue weighted by Crippen LogP contribution is 2.25. The molecule has 0 aliphatic carbocycles. The Hall–Kier alpha value is -2.36. The van der Waals surface area contributed by atoms with Crippen LogP contribution in [0.25, 0.3) is 0 Å². The van der Waals surface area contributed by atoms with E-state index in [0.717, 1.165) is 5.56 Å². The van der Waals surface area contributed by atoms with Crippen molar-refractivity contribution < 1.29 is 18.7 Å². The largest absolute Gasteiger partial charge is 0.460 e. The first-order valence-corrected chi connectivity index (χ1v) is 7.03. The molecule has 110 valence electrons. The Balaban J connectivity index is 2.21. The molecule has 0 radical (unpaired) electrons. The molecule has 21 heavy (non-hydrogen) atoms. The number of ketones is 1. The molecule has 0 saturated carbocycles. The van der Waals surface area contributed by atoms with Crippen LogP contribution < -0.4 is 0 Å². The molecular weight excluding hydrogens is 268 g/mol. The van der Waals surface area contributed by atoms with Gasteiger partial charge in [0.2, 0.25) is 11.5 Å². The number of carbonyl (C=O) groups is 2. The zero-order valence-corrected chi connectivity index (χ0v) is 12.2. The lowest BCUT2D eigenvalue weighted by atomic mass is 9.91. The predicted octanol–water partition coefficient (Wildman–Crippen LogP) is 3.83. The summed E-state index contributed by atoms with van der Waals surface area (Å²) >= 11 is 0. The molecule has 0 aliphatic rings. The molecule has 1 atom stereocenters. The first kappa shape index (κ1) is 15.0. The van der Waals surface area contributed by atoms with E-state index in [4.69, 9.17) is 9.15 Å². The van der Waals surface area contributed by atoms with Crippen molar-refractivity contribution in [3.05, 3.63) is 59.5 Å². The van der Waals surface area contributed by atoms with E-state index in [1.165, 1.54) is 12.1 Å². The van der Waals surface area contributed by atoms with Crippen molar-refractivity contribution in [3.8, 4) is 0 Å². The summed E-state index contributed by atoms with van der Waals surface area (Å²) in [4.78, 5) is 24.1. The summed E-state index contributed by atoms with van der Waals surface area (Å²) in [5.41, 5.74) is 0.944. The third kappa shape index (κ3) is 3.40. The highest BCUT2D eigenvalue weighted by atomic mass is 16.5. The highest BCUT2D eigenvalue weighted by molar-refractivity contribution is 5.99. The van der Waals surface area contributed by atoms with Crippen LogP contribution in [-0.4, -0.2) is 18.4 Å². The second kappa shape index (κ2) is 6.88. The fourth-order valence-corrected chi connectivity index (χ4v) is 2.21. The lowest BCUT2D eigenvalue weighted by Gasteiger charge is -2.12. The summed E-state index contributed by atoms with van der Waals surface area (Å²) in [6.45, 7) is 3.94. The van der Waals surface area contributed by atoms with Gasteiger partial charge in [0.15, 0.2) is 5.76 Å². The molecule has 1 unspecified atom stereocenters. The maximum atomic E-state index is 12.5. The van der Waals surface area contributed by atoms with E-state index in [1.807, 2.05) is 37.3 Å². The van der Waals surface area contributed by atoms with Crippen LogP contribution in [0.15, 0.2) is 46.9 Å². The van der Waals surface area contributed by atoms with Gasteiger partial charge in [-0.2, -0.15) is 0 Å². The van der Waals surface area contributed by atoms with E-state index < -0.39 is 5.97 Å². The van der Waals surface area contributed by atoms with Crippen LogP contribution in [0.5, 0.6) is 0 Å². The summed E-state index contributed by atoms with van der Waals surface area (Å²) in [6.07, 6.45) is 0.665. The quantitative estimate of drug-likeness (QED) is 0.598. The Labute approximate surface area is 123 Å². The molecule has 0 spiro atoms. The van der Waals surface area contributed by atoms with Crippen LogP contribution in [0, 0.1) is 0 Å². The number of ether oxygens (including phenoxy) is 1. The van der Waals surface area contributed by atoms with Crippen LogP contribution in [-0.2, 0) is 4.74 Å². The first-order chi connectivity index (χ1) is 10.2. The summed E-state index contributed by atoms with van der Waals surface area (Å²) in [5, 5.41) is 0.